The Bertz CT molecular complexity index is 756. The first-order chi connectivity index (χ1) is 13.2. The van der Waals surface area contributed by atoms with Gasteiger partial charge in [-0.3, -0.25) is 0 Å². The van der Waals surface area contributed by atoms with Crippen molar-refractivity contribution in [3.63, 3.8) is 0 Å². The number of rotatable bonds is 5. The van der Waals surface area contributed by atoms with E-state index >= 15 is 0 Å². The first-order valence-corrected chi connectivity index (χ1v) is 9.62. The molecule has 1 amide bonds. The van der Waals surface area contributed by atoms with Gasteiger partial charge in [0.1, 0.15) is 5.60 Å². The molecule has 0 saturated carbocycles. The zero-order valence-corrected chi connectivity index (χ0v) is 18.1. The second-order valence-electron chi connectivity index (χ2n) is 9.09. The molecule has 0 spiro atoms. The lowest BCUT2D eigenvalue weighted by atomic mass is 9.76. The lowest BCUT2D eigenvalue weighted by molar-refractivity contribution is 0.00578. The first kappa shape index (κ1) is 23.4. The summed E-state index contributed by atoms with van der Waals surface area (Å²) in [5.41, 5.74) is -1.10. The normalized spacial score (nSPS) is 18.8. The minimum atomic E-state index is -2.62. The van der Waals surface area contributed by atoms with Crippen molar-refractivity contribution in [2.24, 2.45) is 0 Å². The highest BCUT2D eigenvalue weighted by molar-refractivity contribution is 6.56. The lowest BCUT2D eigenvalue weighted by Gasteiger charge is -2.32. The molecule has 5 nitrogen and oxygen atoms in total. The smallest absolute Gasteiger partial charge is 0.444 e. The highest BCUT2D eigenvalue weighted by atomic mass is 19.3. The molecule has 1 aliphatic heterocycles. The van der Waals surface area contributed by atoms with E-state index in [9.17, 15) is 13.6 Å². The molecular weight excluding hydrogens is 379 g/mol. The quantitative estimate of drug-likeness (QED) is 0.683. The molecule has 0 aliphatic carbocycles. The van der Waals surface area contributed by atoms with E-state index < -0.39 is 36.4 Å². The summed E-state index contributed by atoms with van der Waals surface area (Å²) in [6.45, 7) is 12.9. The van der Waals surface area contributed by atoms with Gasteiger partial charge >= 0.3 is 13.2 Å². The van der Waals surface area contributed by atoms with E-state index in [4.69, 9.17) is 14.0 Å². The SMILES string of the molecule is CC(C)(C)OC(=O)NCC(=Cc1ccccc1C(F)F)B1OC(C)(C)C(C)(C)O1. The van der Waals surface area contributed by atoms with Crippen LogP contribution in [0.5, 0.6) is 0 Å². The van der Waals surface area contributed by atoms with Crippen LogP contribution in [0.4, 0.5) is 13.6 Å². The number of ether oxygens (including phenoxy) is 1. The number of hydrogen-bond acceptors (Lipinski definition) is 4. The maximum Gasteiger partial charge on any atom is 0.492 e. The molecule has 160 valence electrons. The number of carbonyl (C=O) groups is 1. The molecule has 29 heavy (non-hydrogen) atoms. The van der Waals surface area contributed by atoms with Crippen molar-refractivity contribution in [2.45, 2.75) is 71.7 Å². The number of alkyl carbamates (subject to hydrolysis) is 1. The summed E-state index contributed by atoms with van der Waals surface area (Å²) in [4.78, 5) is 12.1. The highest BCUT2D eigenvalue weighted by Gasteiger charge is 2.52. The molecule has 1 fully saturated rings. The summed E-state index contributed by atoms with van der Waals surface area (Å²) < 4.78 is 44.2. The molecule has 1 aromatic rings. The Morgan fingerprint density at radius 3 is 2.24 bits per heavy atom. The number of alkyl halides is 2. The Labute approximate surface area is 171 Å². The van der Waals surface area contributed by atoms with Crippen molar-refractivity contribution >= 4 is 19.3 Å². The summed E-state index contributed by atoms with van der Waals surface area (Å²) in [6.07, 6.45) is -1.65. The van der Waals surface area contributed by atoms with Crippen LogP contribution >= 0.6 is 0 Å². The standard InChI is InChI=1S/C21H30BF2NO4/c1-19(2,3)27-18(26)25-13-15(22-28-20(4,5)21(6,7)29-22)12-14-10-8-9-11-16(14)17(23)24/h8-12,17H,13H2,1-7H3,(H,25,26). The van der Waals surface area contributed by atoms with Gasteiger partial charge in [-0.1, -0.05) is 30.3 Å². The van der Waals surface area contributed by atoms with Gasteiger partial charge in [0.05, 0.1) is 11.2 Å². The number of amides is 1. The number of hydrogen-bond donors (Lipinski definition) is 1. The van der Waals surface area contributed by atoms with E-state index in [0.717, 1.165) is 0 Å². The van der Waals surface area contributed by atoms with Gasteiger partial charge in [-0.15, -0.1) is 0 Å². The van der Waals surface area contributed by atoms with E-state index in [2.05, 4.69) is 5.32 Å². The van der Waals surface area contributed by atoms with Crippen molar-refractivity contribution < 1.29 is 27.6 Å². The topological polar surface area (TPSA) is 56.8 Å². The molecule has 1 N–H and O–H groups in total. The minimum Gasteiger partial charge on any atom is -0.444 e. The first-order valence-electron chi connectivity index (χ1n) is 9.62. The Morgan fingerprint density at radius 1 is 1.17 bits per heavy atom. The van der Waals surface area contributed by atoms with Crippen LogP contribution in [-0.4, -0.2) is 36.6 Å². The van der Waals surface area contributed by atoms with Crippen LogP contribution in [-0.2, 0) is 14.0 Å². The van der Waals surface area contributed by atoms with Crippen LogP contribution in [0.1, 0.15) is 66.0 Å². The van der Waals surface area contributed by atoms with E-state index in [1.807, 2.05) is 27.7 Å². The Kier molecular flexibility index (Phi) is 6.80. The second kappa shape index (κ2) is 8.44. The molecule has 1 heterocycles. The third kappa shape index (κ3) is 6.03. The summed E-state index contributed by atoms with van der Waals surface area (Å²) in [5.74, 6) is 0. The van der Waals surface area contributed by atoms with Crippen LogP contribution in [0.25, 0.3) is 6.08 Å². The van der Waals surface area contributed by atoms with Crippen LogP contribution < -0.4 is 5.32 Å². The van der Waals surface area contributed by atoms with Crippen LogP contribution in [0.2, 0.25) is 0 Å². The Morgan fingerprint density at radius 2 is 1.72 bits per heavy atom. The van der Waals surface area contributed by atoms with Gasteiger partial charge in [0.2, 0.25) is 0 Å². The maximum atomic E-state index is 13.4. The zero-order valence-electron chi connectivity index (χ0n) is 18.1. The largest absolute Gasteiger partial charge is 0.492 e. The summed E-state index contributed by atoms with van der Waals surface area (Å²) in [5, 5.41) is 2.66. The second-order valence-corrected chi connectivity index (χ2v) is 9.09. The monoisotopic (exact) mass is 409 g/mol. The van der Waals surface area contributed by atoms with Crippen LogP contribution in [0.15, 0.2) is 29.7 Å². The summed E-state index contributed by atoms with van der Waals surface area (Å²) in [6, 6.07) is 6.22. The number of benzene rings is 1. The average molecular weight is 409 g/mol. The fourth-order valence-electron chi connectivity index (χ4n) is 2.73. The van der Waals surface area contributed by atoms with Crippen molar-refractivity contribution in [1.82, 2.24) is 5.32 Å². The van der Waals surface area contributed by atoms with Crippen LogP contribution in [0.3, 0.4) is 0 Å². The number of nitrogens with one attached hydrogen (secondary N) is 1. The number of carbonyl (C=O) groups excluding carboxylic acids is 1. The van der Waals surface area contributed by atoms with Crippen LogP contribution in [0, 0.1) is 0 Å². The predicted octanol–water partition coefficient (Wildman–Crippen LogP) is 5.16. The van der Waals surface area contributed by atoms with Gasteiger partial charge in [-0.25, -0.2) is 13.6 Å². The van der Waals surface area contributed by atoms with E-state index in [-0.39, 0.29) is 12.1 Å². The number of halogens is 2. The van der Waals surface area contributed by atoms with E-state index in [1.54, 1.807) is 45.0 Å². The molecule has 0 unspecified atom stereocenters. The third-order valence-electron chi connectivity index (χ3n) is 4.96. The van der Waals surface area contributed by atoms with Crippen molar-refractivity contribution in [2.75, 3.05) is 6.54 Å². The molecular formula is C21H30BF2NO4. The minimum absolute atomic E-state index is 0.0311. The molecule has 0 aromatic heterocycles. The molecule has 0 bridgehead atoms. The van der Waals surface area contributed by atoms with Gasteiger partial charge < -0.3 is 19.4 Å². The van der Waals surface area contributed by atoms with Gasteiger partial charge in [-0.05, 0) is 59.5 Å². The van der Waals surface area contributed by atoms with Crippen molar-refractivity contribution in [1.29, 1.82) is 0 Å². The summed E-state index contributed by atoms with van der Waals surface area (Å²) in [7, 11) is -0.791. The lowest BCUT2D eigenvalue weighted by Crippen LogP contribution is -2.41. The molecule has 0 atom stereocenters. The van der Waals surface area contributed by atoms with Crippen molar-refractivity contribution in [3.05, 3.63) is 40.9 Å². The predicted molar refractivity (Wildman–Crippen MR) is 110 cm³/mol. The highest BCUT2D eigenvalue weighted by Crippen LogP contribution is 2.39. The van der Waals surface area contributed by atoms with E-state index in [0.29, 0.717) is 11.0 Å². The maximum absolute atomic E-state index is 13.4. The van der Waals surface area contributed by atoms with Gasteiger partial charge in [-0.2, -0.15) is 0 Å². The molecule has 1 aromatic carbocycles. The summed E-state index contributed by atoms with van der Waals surface area (Å²) >= 11 is 0. The van der Waals surface area contributed by atoms with Gasteiger partial charge in [0.15, 0.2) is 0 Å². The van der Waals surface area contributed by atoms with E-state index in [1.165, 1.54) is 6.07 Å². The fourth-order valence-corrected chi connectivity index (χ4v) is 2.73. The molecule has 0 radical (unpaired) electrons. The Balaban J connectivity index is 2.33. The molecule has 8 heteroatoms. The molecule has 1 aliphatic rings. The average Bonchev–Trinajstić information content (AvgIpc) is 2.77. The Hall–Kier alpha value is -1.93. The van der Waals surface area contributed by atoms with Crippen molar-refractivity contribution in [3.8, 4) is 0 Å². The molecule has 1 saturated heterocycles. The van der Waals surface area contributed by atoms with Gasteiger partial charge in [0, 0.05) is 12.1 Å². The third-order valence-corrected chi connectivity index (χ3v) is 4.96. The molecule has 2 rings (SSSR count). The van der Waals surface area contributed by atoms with Gasteiger partial charge in [0.25, 0.3) is 6.43 Å². The fraction of sp³-hybridized carbons (Fsp3) is 0.571. The zero-order chi connectivity index (χ0) is 22.0.